The van der Waals surface area contributed by atoms with Crippen LogP contribution in [-0.4, -0.2) is 7.42 Å². The van der Waals surface area contributed by atoms with E-state index in [1.165, 1.54) is 0 Å². The van der Waals surface area contributed by atoms with Crippen molar-refractivity contribution in [2.24, 2.45) is 5.41 Å². The summed E-state index contributed by atoms with van der Waals surface area (Å²) in [6.45, 7) is 10.8. The first-order chi connectivity index (χ1) is 4.19. The first-order valence-electron chi connectivity index (χ1n) is 3.48. The Balaban J connectivity index is 4.40. The number of halogens is 2. The molecule has 0 rings (SSSR count). The fourth-order valence-electron chi connectivity index (χ4n) is 0.327. The lowest BCUT2D eigenvalue weighted by Crippen LogP contribution is -2.31. The summed E-state index contributed by atoms with van der Waals surface area (Å²) in [6, 6.07) is 0. The summed E-state index contributed by atoms with van der Waals surface area (Å²) >= 11 is 11.9. The Kier molecular flexibility index (Phi) is 3.28. The summed E-state index contributed by atoms with van der Waals surface area (Å²) < 4.78 is 0. The third-order valence-corrected chi connectivity index (χ3v) is 7.71. The Labute approximate surface area is 74.9 Å². The largest absolute Gasteiger partial charge is 0.243 e. The van der Waals surface area contributed by atoms with Crippen molar-refractivity contribution in [3.63, 3.8) is 0 Å². The molecule has 0 aromatic rings. The van der Waals surface area contributed by atoms with Crippen LogP contribution in [0.15, 0.2) is 0 Å². The first kappa shape index (κ1) is 10.8. The van der Waals surface area contributed by atoms with E-state index >= 15 is 0 Å². The molecule has 0 fully saturated rings. The van der Waals surface area contributed by atoms with Gasteiger partial charge in [-0.2, -0.15) is 0 Å². The Hall–Kier alpha value is 0.797. The fourth-order valence-corrected chi connectivity index (χ4v) is 2.95. The van der Waals surface area contributed by atoms with Crippen LogP contribution < -0.4 is 0 Å². The monoisotopic (exact) mass is 198 g/mol. The molecule has 10 heavy (non-hydrogen) atoms. The maximum Gasteiger partial charge on any atom is 0.243 e. The molecule has 0 aliphatic carbocycles. The van der Waals surface area contributed by atoms with Crippen molar-refractivity contribution in [1.82, 2.24) is 0 Å². The minimum absolute atomic E-state index is 0.107. The predicted molar refractivity (Wildman–Crippen MR) is 52.4 cm³/mol. The van der Waals surface area contributed by atoms with Crippen molar-refractivity contribution < 1.29 is 0 Å². The maximum atomic E-state index is 5.96. The van der Waals surface area contributed by atoms with E-state index in [0.29, 0.717) is 0 Å². The molecule has 0 nitrogen and oxygen atoms in total. The summed E-state index contributed by atoms with van der Waals surface area (Å²) in [7, 11) is -1.56. The Morgan fingerprint density at radius 1 is 0.900 bits per heavy atom. The number of hydrogen-bond donors (Lipinski definition) is 0. The zero-order chi connectivity index (χ0) is 8.58. The second-order valence-electron chi connectivity index (χ2n) is 4.27. The van der Waals surface area contributed by atoms with E-state index in [2.05, 4.69) is 34.6 Å². The van der Waals surface area contributed by atoms with Gasteiger partial charge in [-0.05, 0) is 10.5 Å². The standard InChI is InChI=1S/C7H16Cl2Si/c1-6(2,3)7(4,5)10(8)9/h10H,1-5H3. The molecule has 0 N–H and O–H groups in total. The summed E-state index contributed by atoms with van der Waals surface area (Å²) in [6.07, 6.45) is 0. The topological polar surface area (TPSA) is 0 Å². The van der Waals surface area contributed by atoms with Gasteiger partial charge in [-0.25, -0.2) is 0 Å². The normalized spacial score (nSPS) is 14.4. The van der Waals surface area contributed by atoms with E-state index in [1.54, 1.807) is 0 Å². The van der Waals surface area contributed by atoms with Gasteiger partial charge >= 0.3 is 0 Å². The highest BCUT2D eigenvalue weighted by Crippen LogP contribution is 2.49. The number of rotatable bonds is 1. The van der Waals surface area contributed by atoms with Crippen LogP contribution in [0.25, 0.3) is 0 Å². The van der Waals surface area contributed by atoms with Gasteiger partial charge in [0.25, 0.3) is 0 Å². The van der Waals surface area contributed by atoms with E-state index in [-0.39, 0.29) is 10.5 Å². The molecule has 0 aromatic heterocycles. The highest BCUT2D eigenvalue weighted by molar-refractivity contribution is 7.35. The summed E-state index contributed by atoms with van der Waals surface area (Å²) in [5.41, 5.74) is 0.216. The molecule has 0 radical (unpaired) electrons. The van der Waals surface area contributed by atoms with Crippen LogP contribution in [0.3, 0.4) is 0 Å². The van der Waals surface area contributed by atoms with E-state index in [0.717, 1.165) is 0 Å². The van der Waals surface area contributed by atoms with Crippen molar-refractivity contribution in [3.05, 3.63) is 0 Å². The zero-order valence-corrected chi connectivity index (χ0v) is 10.00. The van der Waals surface area contributed by atoms with Gasteiger partial charge in [-0.1, -0.05) is 34.6 Å². The van der Waals surface area contributed by atoms with Gasteiger partial charge in [-0.3, -0.25) is 0 Å². The first-order valence-corrected chi connectivity index (χ1v) is 7.54. The van der Waals surface area contributed by atoms with Crippen molar-refractivity contribution in [2.45, 2.75) is 39.7 Å². The lowest BCUT2D eigenvalue weighted by Gasteiger charge is -2.39. The molecule has 0 heterocycles. The Morgan fingerprint density at radius 2 is 1.20 bits per heavy atom. The quantitative estimate of drug-likeness (QED) is 0.447. The van der Waals surface area contributed by atoms with Crippen molar-refractivity contribution >= 4 is 29.6 Å². The van der Waals surface area contributed by atoms with Gasteiger partial charge in [-0.15, -0.1) is 22.2 Å². The van der Waals surface area contributed by atoms with Crippen LogP contribution in [0.5, 0.6) is 0 Å². The van der Waals surface area contributed by atoms with Gasteiger partial charge in [0.15, 0.2) is 0 Å². The van der Waals surface area contributed by atoms with Crippen molar-refractivity contribution in [1.29, 1.82) is 0 Å². The van der Waals surface area contributed by atoms with Crippen LogP contribution in [-0.2, 0) is 0 Å². The van der Waals surface area contributed by atoms with Crippen LogP contribution in [0, 0.1) is 5.41 Å². The second kappa shape index (κ2) is 3.04. The number of hydrogen-bond acceptors (Lipinski definition) is 0. The van der Waals surface area contributed by atoms with E-state index in [9.17, 15) is 0 Å². The molecule has 0 bridgehead atoms. The summed E-state index contributed by atoms with van der Waals surface area (Å²) in [5, 5.41) is 0.107. The van der Waals surface area contributed by atoms with Crippen LogP contribution in [0.2, 0.25) is 5.04 Å². The summed E-state index contributed by atoms with van der Waals surface area (Å²) in [5.74, 6) is 0. The summed E-state index contributed by atoms with van der Waals surface area (Å²) in [4.78, 5) is 0. The third-order valence-electron chi connectivity index (χ3n) is 2.48. The van der Waals surface area contributed by atoms with E-state index in [4.69, 9.17) is 22.2 Å². The predicted octanol–water partition coefficient (Wildman–Crippen LogP) is 3.51. The molecule has 0 atom stereocenters. The molecule has 0 spiro atoms. The Bertz CT molecular complexity index is 113. The maximum absolute atomic E-state index is 5.96. The van der Waals surface area contributed by atoms with Crippen LogP contribution >= 0.6 is 22.2 Å². The minimum atomic E-state index is -1.56. The highest BCUT2D eigenvalue weighted by atomic mass is 35.7. The average molecular weight is 199 g/mol. The van der Waals surface area contributed by atoms with Gasteiger partial charge in [0.1, 0.15) is 0 Å². The van der Waals surface area contributed by atoms with Gasteiger partial charge in [0, 0.05) is 0 Å². The van der Waals surface area contributed by atoms with Gasteiger partial charge in [0.2, 0.25) is 7.42 Å². The van der Waals surface area contributed by atoms with E-state index in [1.807, 2.05) is 0 Å². The minimum Gasteiger partial charge on any atom is -0.150 e. The molecule has 0 aromatic carbocycles. The zero-order valence-electron chi connectivity index (χ0n) is 7.33. The second-order valence-corrected chi connectivity index (χ2v) is 9.61. The molecule has 0 amide bonds. The van der Waals surface area contributed by atoms with E-state index < -0.39 is 7.42 Å². The van der Waals surface area contributed by atoms with Crippen LogP contribution in [0.1, 0.15) is 34.6 Å². The van der Waals surface area contributed by atoms with Gasteiger partial charge < -0.3 is 0 Å². The SMILES string of the molecule is CC(C)(C)C(C)(C)[SiH](Cl)Cl. The fraction of sp³-hybridized carbons (Fsp3) is 1.00. The molecular formula is C7H16Cl2Si. The average Bonchev–Trinajstić information content (AvgIpc) is 1.62. The lowest BCUT2D eigenvalue weighted by molar-refractivity contribution is 0.299. The molecule has 62 valence electrons. The third kappa shape index (κ3) is 2.14. The molecule has 0 unspecified atom stereocenters. The molecule has 0 aliphatic heterocycles. The molecule has 0 saturated carbocycles. The van der Waals surface area contributed by atoms with Crippen molar-refractivity contribution in [2.75, 3.05) is 0 Å². The molecule has 0 saturated heterocycles. The highest BCUT2D eigenvalue weighted by Gasteiger charge is 2.39. The van der Waals surface area contributed by atoms with Gasteiger partial charge in [0.05, 0.1) is 0 Å². The molecular weight excluding hydrogens is 183 g/mol. The van der Waals surface area contributed by atoms with Crippen LogP contribution in [0.4, 0.5) is 0 Å². The Morgan fingerprint density at radius 3 is 1.20 bits per heavy atom. The molecule has 0 aliphatic rings. The lowest BCUT2D eigenvalue weighted by atomic mass is 9.82. The molecule has 3 heteroatoms. The van der Waals surface area contributed by atoms with Crippen molar-refractivity contribution in [3.8, 4) is 0 Å². The smallest absolute Gasteiger partial charge is 0.150 e.